The van der Waals surface area contributed by atoms with Crippen LogP contribution in [0.1, 0.15) is 19.0 Å². The van der Waals surface area contributed by atoms with Crippen molar-refractivity contribution in [1.29, 1.82) is 0 Å². The molecule has 4 heteroatoms. The van der Waals surface area contributed by atoms with E-state index in [2.05, 4.69) is 18.0 Å². The van der Waals surface area contributed by atoms with Gasteiger partial charge in [-0.25, -0.2) is 0 Å². The topological polar surface area (TPSA) is 33.2 Å². The molecule has 0 radical (unpaired) electrons. The molecule has 0 spiro atoms. The van der Waals surface area contributed by atoms with Gasteiger partial charge in [0.1, 0.15) is 0 Å². The molecule has 1 aliphatic heterocycles. The molecular weight excluding hydrogens is 292 g/mol. The van der Waals surface area contributed by atoms with Crippen LogP contribution in [0.5, 0.6) is 0 Å². The van der Waals surface area contributed by atoms with Crippen LogP contribution in [0, 0.1) is 0 Å². The average Bonchev–Trinajstić information content (AvgIpc) is 2.72. The van der Waals surface area contributed by atoms with E-state index in [1.54, 1.807) is 18.3 Å². The standard InChI is InChI=1S/C18H18N2OS/c1-14-11-13-20(16-7-2-3-8-17(16)22-14)18(21)10-9-15-6-4-5-12-19-15/h2-10,12,14H,11,13H2,1H3/b10-9+/t14-/m1/s1. The molecule has 0 saturated carbocycles. The molecule has 1 atom stereocenters. The maximum atomic E-state index is 12.6. The quantitative estimate of drug-likeness (QED) is 0.786. The smallest absolute Gasteiger partial charge is 0.251 e. The molecule has 112 valence electrons. The van der Waals surface area contributed by atoms with Crippen LogP contribution >= 0.6 is 11.8 Å². The van der Waals surface area contributed by atoms with E-state index in [1.807, 2.05) is 53.1 Å². The maximum Gasteiger partial charge on any atom is 0.251 e. The Bertz CT molecular complexity index is 684. The van der Waals surface area contributed by atoms with Gasteiger partial charge >= 0.3 is 0 Å². The van der Waals surface area contributed by atoms with Crippen LogP contribution in [0.25, 0.3) is 6.08 Å². The molecule has 1 aliphatic rings. The van der Waals surface area contributed by atoms with Crippen LogP contribution in [-0.2, 0) is 4.79 Å². The highest BCUT2D eigenvalue weighted by Gasteiger charge is 2.22. The first-order valence-electron chi connectivity index (χ1n) is 7.40. The number of hydrogen-bond acceptors (Lipinski definition) is 3. The Morgan fingerprint density at radius 2 is 2.09 bits per heavy atom. The minimum atomic E-state index is 0.00723. The minimum absolute atomic E-state index is 0.00723. The Morgan fingerprint density at radius 3 is 2.91 bits per heavy atom. The molecule has 2 aromatic rings. The Labute approximate surface area is 135 Å². The highest BCUT2D eigenvalue weighted by molar-refractivity contribution is 8.00. The highest BCUT2D eigenvalue weighted by Crippen LogP contribution is 2.37. The number of amides is 1. The summed E-state index contributed by atoms with van der Waals surface area (Å²) in [5.41, 5.74) is 1.80. The van der Waals surface area contributed by atoms with E-state index in [0.717, 1.165) is 24.3 Å². The Hall–Kier alpha value is -2.07. The normalized spacial score (nSPS) is 18.0. The van der Waals surface area contributed by atoms with E-state index in [1.165, 1.54) is 4.90 Å². The van der Waals surface area contributed by atoms with Crippen molar-refractivity contribution in [2.24, 2.45) is 0 Å². The minimum Gasteiger partial charge on any atom is -0.308 e. The van der Waals surface area contributed by atoms with Crippen molar-refractivity contribution >= 4 is 29.4 Å². The third-order valence-corrected chi connectivity index (χ3v) is 4.83. The van der Waals surface area contributed by atoms with Crippen LogP contribution in [0.2, 0.25) is 0 Å². The summed E-state index contributed by atoms with van der Waals surface area (Å²) < 4.78 is 0. The fourth-order valence-electron chi connectivity index (χ4n) is 2.44. The van der Waals surface area contributed by atoms with Crippen LogP contribution < -0.4 is 4.90 Å². The number of para-hydroxylation sites is 1. The van der Waals surface area contributed by atoms with Gasteiger partial charge in [0.2, 0.25) is 0 Å². The lowest BCUT2D eigenvalue weighted by Crippen LogP contribution is -2.30. The largest absolute Gasteiger partial charge is 0.308 e. The van der Waals surface area contributed by atoms with Gasteiger partial charge in [0.05, 0.1) is 11.4 Å². The first-order chi connectivity index (χ1) is 10.7. The molecule has 0 unspecified atom stereocenters. The van der Waals surface area contributed by atoms with E-state index in [4.69, 9.17) is 0 Å². The second kappa shape index (κ2) is 6.79. The molecule has 0 saturated heterocycles. The molecule has 3 nitrogen and oxygen atoms in total. The van der Waals surface area contributed by atoms with E-state index >= 15 is 0 Å². The highest BCUT2D eigenvalue weighted by atomic mass is 32.2. The van der Waals surface area contributed by atoms with Crippen molar-refractivity contribution in [1.82, 2.24) is 4.98 Å². The molecule has 22 heavy (non-hydrogen) atoms. The number of aromatic nitrogens is 1. The summed E-state index contributed by atoms with van der Waals surface area (Å²) in [6, 6.07) is 13.8. The lowest BCUT2D eigenvalue weighted by molar-refractivity contribution is -0.114. The molecule has 0 aliphatic carbocycles. The molecule has 2 heterocycles. The number of hydrogen-bond donors (Lipinski definition) is 0. The number of carbonyl (C=O) groups is 1. The fraction of sp³-hybridized carbons (Fsp3) is 0.222. The van der Waals surface area contributed by atoms with E-state index in [-0.39, 0.29) is 5.91 Å². The summed E-state index contributed by atoms with van der Waals surface area (Å²) in [5, 5.41) is 0.513. The van der Waals surface area contributed by atoms with Crippen LogP contribution in [-0.4, -0.2) is 22.7 Å². The van der Waals surface area contributed by atoms with Crippen molar-refractivity contribution in [3.8, 4) is 0 Å². The van der Waals surface area contributed by atoms with Crippen LogP contribution in [0.15, 0.2) is 59.6 Å². The molecule has 1 amide bonds. The van der Waals surface area contributed by atoms with Gasteiger partial charge in [0, 0.05) is 29.0 Å². The third-order valence-electron chi connectivity index (χ3n) is 3.59. The predicted molar refractivity (Wildman–Crippen MR) is 92.0 cm³/mol. The van der Waals surface area contributed by atoms with Crippen molar-refractivity contribution in [2.45, 2.75) is 23.5 Å². The second-order valence-electron chi connectivity index (χ2n) is 5.26. The van der Waals surface area contributed by atoms with E-state index in [0.29, 0.717) is 5.25 Å². The fourth-order valence-corrected chi connectivity index (χ4v) is 3.55. The Kier molecular flexibility index (Phi) is 4.59. The number of nitrogens with zero attached hydrogens (tertiary/aromatic N) is 2. The molecule has 3 rings (SSSR count). The summed E-state index contributed by atoms with van der Waals surface area (Å²) >= 11 is 1.84. The lowest BCUT2D eigenvalue weighted by Gasteiger charge is -2.20. The summed E-state index contributed by atoms with van der Waals surface area (Å²) in [4.78, 5) is 19.8. The van der Waals surface area contributed by atoms with E-state index < -0.39 is 0 Å². The van der Waals surface area contributed by atoms with Gasteiger partial charge in [-0.3, -0.25) is 9.78 Å². The monoisotopic (exact) mass is 310 g/mol. The van der Waals surface area contributed by atoms with Gasteiger partial charge in [-0.05, 0) is 36.8 Å². The number of thioether (sulfide) groups is 1. The maximum absolute atomic E-state index is 12.6. The van der Waals surface area contributed by atoms with E-state index in [9.17, 15) is 4.79 Å². The molecule has 1 aromatic carbocycles. The second-order valence-corrected chi connectivity index (χ2v) is 6.74. The first kappa shape index (κ1) is 14.9. The lowest BCUT2D eigenvalue weighted by atomic mass is 10.2. The van der Waals surface area contributed by atoms with Gasteiger partial charge in [0.15, 0.2) is 0 Å². The molecule has 0 fully saturated rings. The van der Waals surface area contributed by atoms with Crippen LogP contribution in [0.3, 0.4) is 0 Å². The molecule has 0 N–H and O–H groups in total. The number of fused-ring (bicyclic) bond motifs is 1. The zero-order valence-electron chi connectivity index (χ0n) is 12.5. The van der Waals surface area contributed by atoms with Gasteiger partial charge in [-0.15, -0.1) is 11.8 Å². The number of anilines is 1. The summed E-state index contributed by atoms with van der Waals surface area (Å²) in [6.45, 7) is 2.95. The third kappa shape index (κ3) is 3.39. The van der Waals surface area contributed by atoms with Gasteiger partial charge in [-0.2, -0.15) is 0 Å². The summed E-state index contributed by atoms with van der Waals surface area (Å²) in [5.74, 6) is 0.00723. The Balaban J connectivity index is 1.84. The molecular formula is C18H18N2OS. The van der Waals surface area contributed by atoms with Crippen molar-refractivity contribution in [2.75, 3.05) is 11.4 Å². The number of benzene rings is 1. The molecule has 0 bridgehead atoms. The van der Waals surface area contributed by atoms with Gasteiger partial charge < -0.3 is 4.90 Å². The first-order valence-corrected chi connectivity index (χ1v) is 8.28. The number of carbonyl (C=O) groups excluding carboxylic acids is 1. The van der Waals surface area contributed by atoms with Gasteiger partial charge in [-0.1, -0.05) is 25.1 Å². The predicted octanol–water partition coefficient (Wildman–Crippen LogP) is 4.01. The zero-order valence-corrected chi connectivity index (χ0v) is 13.3. The summed E-state index contributed by atoms with van der Waals surface area (Å²) in [6.07, 6.45) is 6.10. The zero-order chi connectivity index (χ0) is 15.4. The van der Waals surface area contributed by atoms with Crippen molar-refractivity contribution in [3.05, 3.63) is 60.4 Å². The van der Waals surface area contributed by atoms with Crippen molar-refractivity contribution in [3.63, 3.8) is 0 Å². The number of pyridine rings is 1. The average molecular weight is 310 g/mol. The number of rotatable bonds is 2. The van der Waals surface area contributed by atoms with Crippen LogP contribution in [0.4, 0.5) is 5.69 Å². The van der Waals surface area contributed by atoms with Gasteiger partial charge in [0.25, 0.3) is 5.91 Å². The SMILES string of the molecule is C[C@@H]1CCN(C(=O)/C=C/c2ccccn2)c2ccccc2S1. The molecule has 1 aromatic heterocycles. The summed E-state index contributed by atoms with van der Waals surface area (Å²) in [7, 11) is 0. The Morgan fingerprint density at radius 1 is 1.27 bits per heavy atom. The van der Waals surface area contributed by atoms with Crippen molar-refractivity contribution < 1.29 is 4.79 Å².